The van der Waals surface area contributed by atoms with Crippen molar-refractivity contribution in [2.24, 2.45) is 0 Å². The van der Waals surface area contributed by atoms with Crippen LogP contribution in [0.1, 0.15) is 12.0 Å². The average molecular weight is 411 g/mol. The lowest BCUT2D eigenvalue weighted by molar-refractivity contribution is -0.927. The van der Waals surface area contributed by atoms with E-state index in [0.717, 1.165) is 43.4 Å². The quantitative estimate of drug-likeness (QED) is 0.755. The molecule has 1 fully saturated rings. The van der Waals surface area contributed by atoms with Crippen molar-refractivity contribution in [2.45, 2.75) is 13.0 Å². The number of anilines is 1. The Morgan fingerprint density at radius 2 is 2.04 bits per heavy atom. The van der Waals surface area contributed by atoms with Crippen LogP contribution < -0.4 is 15.0 Å². The zero-order valence-electron chi connectivity index (χ0n) is 14.6. The summed E-state index contributed by atoms with van der Waals surface area (Å²) in [6.45, 7) is 3.80. The van der Waals surface area contributed by atoms with E-state index in [1.54, 1.807) is 7.11 Å². The second-order valence-electron chi connectivity index (χ2n) is 6.32. The molecule has 1 aliphatic rings. The van der Waals surface area contributed by atoms with E-state index < -0.39 is 0 Å². The van der Waals surface area contributed by atoms with Gasteiger partial charge in [-0.15, -0.1) is 0 Å². The Bertz CT molecular complexity index is 787. The number of hydrogen-bond donors (Lipinski definition) is 2. The van der Waals surface area contributed by atoms with E-state index in [2.05, 4.69) is 16.3 Å². The first-order valence-electron chi connectivity index (χ1n) is 8.53. The molecule has 1 atom stereocenters. The molecule has 1 aliphatic heterocycles. The van der Waals surface area contributed by atoms with Crippen LogP contribution in [0.2, 0.25) is 10.0 Å². The van der Waals surface area contributed by atoms with Gasteiger partial charge >= 0.3 is 0 Å². The Morgan fingerprint density at radius 3 is 2.77 bits per heavy atom. The highest BCUT2D eigenvalue weighted by molar-refractivity contribution is 7.80. The molecule has 138 valence electrons. The van der Waals surface area contributed by atoms with Crippen molar-refractivity contribution < 1.29 is 9.64 Å². The number of quaternary nitrogens is 1. The summed E-state index contributed by atoms with van der Waals surface area (Å²) >= 11 is 18.1. The summed E-state index contributed by atoms with van der Waals surface area (Å²) in [5.74, 6) is 0.650. The molecule has 0 radical (unpaired) electrons. The minimum atomic E-state index is 0.560. The summed E-state index contributed by atoms with van der Waals surface area (Å²) in [5, 5.41) is 5.37. The molecule has 0 aromatic heterocycles. The molecule has 1 saturated heterocycles. The number of nitrogens with one attached hydrogen (secondary N) is 2. The van der Waals surface area contributed by atoms with Crippen molar-refractivity contribution >= 4 is 46.2 Å². The topological polar surface area (TPSA) is 28.9 Å². The third kappa shape index (κ3) is 4.80. The lowest BCUT2D eigenvalue weighted by Crippen LogP contribution is -3.13. The van der Waals surface area contributed by atoms with E-state index in [-0.39, 0.29) is 0 Å². The second kappa shape index (κ2) is 8.91. The van der Waals surface area contributed by atoms with Crippen LogP contribution in [0.4, 0.5) is 5.69 Å². The molecule has 7 heteroatoms. The van der Waals surface area contributed by atoms with Gasteiger partial charge in [0.15, 0.2) is 11.8 Å². The average Bonchev–Trinajstić information content (AvgIpc) is 2.64. The monoisotopic (exact) mass is 410 g/mol. The van der Waals surface area contributed by atoms with Crippen LogP contribution in [0.5, 0.6) is 5.75 Å². The molecule has 0 bridgehead atoms. The van der Waals surface area contributed by atoms with E-state index in [0.29, 0.717) is 15.9 Å². The fourth-order valence-corrected chi connectivity index (χ4v) is 3.86. The van der Waals surface area contributed by atoms with Crippen LogP contribution >= 0.6 is 35.4 Å². The molecule has 4 nitrogen and oxygen atoms in total. The highest BCUT2D eigenvalue weighted by atomic mass is 35.5. The third-order valence-electron chi connectivity index (χ3n) is 4.46. The van der Waals surface area contributed by atoms with Crippen LogP contribution in [-0.4, -0.2) is 36.9 Å². The van der Waals surface area contributed by atoms with E-state index in [1.165, 1.54) is 10.5 Å². The molecule has 26 heavy (non-hydrogen) atoms. The fraction of sp³-hybridized carbons (Fsp3) is 0.316. The summed E-state index contributed by atoms with van der Waals surface area (Å²) in [5.41, 5.74) is 2.03. The van der Waals surface area contributed by atoms with E-state index in [9.17, 15) is 0 Å². The van der Waals surface area contributed by atoms with Crippen LogP contribution in [0, 0.1) is 0 Å². The molecule has 1 heterocycles. The summed E-state index contributed by atoms with van der Waals surface area (Å²) < 4.78 is 5.18. The maximum absolute atomic E-state index is 6.30. The Labute approximate surface area is 169 Å². The summed E-state index contributed by atoms with van der Waals surface area (Å²) in [4.78, 5) is 3.64. The van der Waals surface area contributed by atoms with Crippen LogP contribution in [0.25, 0.3) is 0 Å². The Kier molecular flexibility index (Phi) is 6.59. The predicted octanol–water partition coefficient (Wildman–Crippen LogP) is 3.45. The van der Waals surface area contributed by atoms with Crippen molar-refractivity contribution in [3.8, 4) is 5.75 Å². The van der Waals surface area contributed by atoms with E-state index in [1.807, 2.05) is 36.4 Å². The van der Waals surface area contributed by atoms with Gasteiger partial charge in [0.25, 0.3) is 0 Å². The molecular formula is C19H22Cl2N3OS+. The van der Waals surface area contributed by atoms with Gasteiger partial charge in [0, 0.05) is 29.2 Å². The highest BCUT2D eigenvalue weighted by Gasteiger charge is 2.23. The maximum Gasteiger partial charge on any atom is 0.177 e. The third-order valence-corrected chi connectivity index (χ3v) is 5.49. The highest BCUT2D eigenvalue weighted by Crippen LogP contribution is 2.27. The number of rotatable bonds is 4. The lowest BCUT2D eigenvalue weighted by Gasteiger charge is -2.34. The first kappa shape index (κ1) is 19.2. The lowest BCUT2D eigenvalue weighted by atomic mass is 10.2. The van der Waals surface area contributed by atoms with Crippen molar-refractivity contribution in [3.05, 3.63) is 58.1 Å². The standard InChI is InChI=1S/C19H21Cl2N3OS/c1-25-18-8-7-15(11-17(18)21)22-19(26)24-10-4-9-23(13-24)12-14-5-2-3-6-16(14)20/h2-3,5-8,11H,4,9-10,12-13H2,1H3,(H,22,26)/p+1. The Balaban J connectivity index is 1.61. The number of ether oxygens (including phenoxy) is 1. The number of benzene rings is 2. The van der Waals surface area contributed by atoms with Gasteiger partial charge in [-0.05, 0) is 36.5 Å². The summed E-state index contributed by atoms with van der Waals surface area (Å²) in [6, 6.07) is 13.6. The zero-order valence-corrected chi connectivity index (χ0v) is 16.9. The van der Waals surface area contributed by atoms with Crippen LogP contribution in [0.3, 0.4) is 0 Å². The summed E-state index contributed by atoms with van der Waals surface area (Å²) in [7, 11) is 1.60. The molecule has 1 unspecified atom stereocenters. The molecule has 0 saturated carbocycles. The van der Waals surface area contributed by atoms with Crippen molar-refractivity contribution in [1.29, 1.82) is 0 Å². The van der Waals surface area contributed by atoms with Crippen LogP contribution in [0.15, 0.2) is 42.5 Å². The van der Waals surface area contributed by atoms with Crippen molar-refractivity contribution in [3.63, 3.8) is 0 Å². The van der Waals surface area contributed by atoms with Gasteiger partial charge in [-0.25, -0.2) is 0 Å². The van der Waals surface area contributed by atoms with Gasteiger partial charge in [0.1, 0.15) is 12.3 Å². The molecule has 2 N–H and O–H groups in total. The van der Waals surface area contributed by atoms with Gasteiger partial charge in [-0.1, -0.05) is 41.4 Å². The normalized spacial score (nSPS) is 17.0. The van der Waals surface area contributed by atoms with E-state index in [4.69, 9.17) is 40.2 Å². The largest absolute Gasteiger partial charge is 0.495 e. The maximum atomic E-state index is 6.30. The van der Waals surface area contributed by atoms with E-state index >= 15 is 0 Å². The number of nitrogens with zero attached hydrogens (tertiary/aromatic N) is 1. The first-order valence-corrected chi connectivity index (χ1v) is 9.69. The fourth-order valence-electron chi connectivity index (χ4n) is 3.12. The first-order chi connectivity index (χ1) is 12.6. The number of halogens is 2. The summed E-state index contributed by atoms with van der Waals surface area (Å²) in [6.07, 6.45) is 1.09. The molecule has 0 amide bonds. The smallest absolute Gasteiger partial charge is 0.177 e. The minimum absolute atomic E-state index is 0.560. The van der Waals surface area contributed by atoms with Gasteiger partial charge in [-0.3, -0.25) is 0 Å². The SMILES string of the molecule is COc1ccc(NC(=S)N2CCC[NH+](Cc3ccccc3Cl)C2)cc1Cl. The van der Waals surface area contributed by atoms with Crippen LogP contribution in [-0.2, 0) is 6.54 Å². The van der Waals surface area contributed by atoms with Gasteiger partial charge in [0.2, 0.25) is 0 Å². The molecule has 2 aromatic carbocycles. The molecule has 3 rings (SSSR count). The number of thiocarbonyl (C=S) groups is 1. The van der Waals surface area contributed by atoms with Gasteiger partial charge in [0.05, 0.1) is 18.7 Å². The zero-order chi connectivity index (χ0) is 18.5. The molecule has 0 spiro atoms. The molecular weight excluding hydrogens is 389 g/mol. The second-order valence-corrected chi connectivity index (χ2v) is 7.52. The number of methoxy groups -OCH3 is 1. The van der Waals surface area contributed by atoms with Gasteiger partial charge < -0.3 is 19.9 Å². The molecule has 2 aromatic rings. The molecule has 0 aliphatic carbocycles. The Morgan fingerprint density at radius 1 is 1.23 bits per heavy atom. The Hall–Kier alpha value is -1.53. The van der Waals surface area contributed by atoms with Crippen molar-refractivity contribution in [2.75, 3.05) is 32.2 Å². The minimum Gasteiger partial charge on any atom is -0.495 e. The van der Waals surface area contributed by atoms with Gasteiger partial charge in [-0.2, -0.15) is 0 Å². The number of hydrogen-bond acceptors (Lipinski definition) is 2. The predicted molar refractivity (Wildman–Crippen MR) is 111 cm³/mol. The van der Waals surface area contributed by atoms with Crippen molar-refractivity contribution in [1.82, 2.24) is 4.90 Å².